The van der Waals surface area contributed by atoms with Crippen molar-refractivity contribution in [2.75, 3.05) is 11.7 Å². The van der Waals surface area contributed by atoms with Crippen LogP contribution in [0.25, 0.3) is 0 Å². The zero-order chi connectivity index (χ0) is 11.9. The summed E-state index contributed by atoms with van der Waals surface area (Å²) < 4.78 is 5.54. The van der Waals surface area contributed by atoms with Crippen LogP contribution >= 0.6 is 0 Å². The fourth-order valence-corrected chi connectivity index (χ4v) is 1.53. The van der Waals surface area contributed by atoms with Gasteiger partial charge in [0, 0.05) is 0 Å². The van der Waals surface area contributed by atoms with E-state index in [0.29, 0.717) is 13.3 Å². The van der Waals surface area contributed by atoms with Crippen molar-refractivity contribution >= 4 is 5.69 Å². The van der Waals surface area contributed by atoms with Gasteiger partial charge in [-0.15, -0.1) is 0 Å². The first-order valence-corrected chi connectivity index (χ1v) is 5.55. The summed E-state index contributed by atoms with van der Waals surface area (Å²) in [7, 11) is 0. The van der Waals surface area contributed by atoms with E-state index in [4.69, 9.17) is 10.6 Å². The van der Waals surface area contributed by atoms with Gasteiger partial charge < -0.3 is 4.74 Å². The molecule has 17 heavy (non-hydrogen) atoms. The third-order valence-electron chi connectivity index (χ3n) is 2.43. The predicted octanol–water partition coefficient (Wildman–Crippen LogP) is 2.54. The number of nitrogens with two attached hydrogens (primary N) is 1. The summed E-state index contributed by atoms with van der Waals surface area (Å²) in [5, 5.41) is 1.59. The second-order valence-corrected chi connectivity index (χ2v) is 3.77. The number of hydrogen-bond donors (Lipinski definition) is 1. The lowest BCUT2D eigenvalue weighted by atomic mass is 10.2. The van der Waals surface area contributed by atoms with E-state index in [2.05, 4.69) is 0 Å². The standard InChI is InChI=1S/C14H16N2O/c15-16(14-9-5-2-6-10-14)12-17-11-13-7-3-1-4-8-13/h1-10H,11-12,15H2. The van der Waals surface area contributed by atoms with E-state index >= 15 is 0 Å². The lowest BCUT2D eigenvalue weighted by Gasteiger charge is -2.18. The molecule has 0 spiro atoms. The SMILES string of the molecule is NN(COCc1ccccc1)c1ccccc1. The van der Waals surface area contributed by atoms with Crippen LogP contribution in [-0.4, -0.2) is 6.73 Å². The number of benzene rings is 2. The highest BCUT2D eigenvalue weighted by Gasteiger charge is 1.99. The average Bonchev–Trinajstić information content (AvgIpc) is 2.41. The molecule has 2 aromatic rings. The van der Waals surface area contributed by atoms with Crippen LogP contribution in [0.4, 0.5) is 5.69 Å². The molecule has 0 heterocycles. The predicted molar refractivity (Wildman–Crippen MR) is 69.2 cm³/mol. The largest absolute Gasteiger partial charge is 0.355 e. The van der Waals surface area contributed by atoms with Crippen LogP contribution in [0, 0.1) is 0 Å². The van der Waals surface area contributed by atoms with Gasteiger partial charge in [0.25, 0.3) is 0 Å². The van der Waals surface area contributed by atoms with Gasteiger partial charge in [0.15, 0.2) is 0 Å². The minimum absolute atomic E-state index is 0.374. The van der Waals surface area contributed by atoms with E-state index in [1.54, 1.807) is 5.01 Å². The first-order valence-electron chi connectivity index (χ1n) is 5.55. The van der Waals surface area contributed by atoms with Crippen LogP contribution in [0.15, 0.2) is 60.7 Å². The molecule has 2 rings (SSSR count). The summed E-state index contributed by atoms with van der Waals surface area (Å²) in [5.74, 6) is 5.87. The Balaban J connectivity index is 1.79. The molecule has 0 unspecified atom stereocenters. The van der Waals surface area contributed by atoms with E-state index in [0.717, 1.165) is 11.3 Å². The maximum absolute atomic E-state index is 5.87. The lowest BCUT2D eigenvalue weighted by molar-refractivity contribution is 0.121. The van der Waals surface area contributed by atoms with Crippen molar-refractivity contribution in [3.05, 3.63) is 66.2 Å². The molecular weight excluding hydrogens is 212 g/mol. The zero-order valence-electron chi connectivity index (χ0n) is 9.62. The Kier molecular flexibility index (Phi) is 4.13. The summed E-state index contributed by atoms with van der Waals surface area (Å²) in [6.45, 7) is 0.945. The Hall–Kier alpha value is -1.84. The normalized spacial score (nSPS) is 10.2. The Morgan fingerprint density at radius 1 is 0.882 bits per heavy atom. The second kappa shape index (κ2) is 6.03. The smallest absolute Gasteiger partial charge is 0.133 e. The minimum Gasteiger partial charge on any atom is -0.355 e. The highest BCUT2D eigenvalue weighted by atomic mass is 16.5. The van der Waals surface area contributed by atoms with Crippen molar-refractivity contribution in [1.29, 1.82) is 0 Å². The maximum Gasteiger partial charge on any atom is 0.133 e. The van der Waals surface area contributed by atoms with Gasteiger partial charge in [-0.05, 0) is 17.7 Å². The van der Waals surface area contributed by atoms with Crippen molar-refractivity contribution in [2.24, 2.45) is 5.84 Å². The molecule has 0 aromatic heterocycles. The van der Waals surface area contributed by atoms with Gasteiger partial charge >= 0.3 is 0 Å². The minimum atomic E-state index is 0.374. The molecule has 0 aliphatic heterocycles. The number of nitrogens with zero attached hydrogens (tertiary/aromatic N) is 1. The second-order valence-electron chi connectivity index (χ2n) is 3.77. The van der Waals surface area contributed by atoms with Crippen molar-refractivity contribution in [2.45, 2.75) is 6.61 Å². The van der Waals surface area contributed by atoms with E-state index in [1.807, 2.05) is 60.7 Å². The van der Waals surface area contributed by atoms with Crippen molar-refractivity contribution in [3.63, 3.8) is 0 Å². The number of para-hydroxylation sites is 1. The molecule has 0 atom stereocenters. The Morgan fingerprint density at radius 3 is 2.12 bits per heavy atom. The molecule has 2 aromatic carbocycles. The van der Waals surface area contributed by atoms with E-state index in [9.17, 15) is 0 Å². The van der Waals surface area contributed by atoms with Gasteiger partial charge in [-0.2, -0.15) is 0 Å². The fraction of sp³-hybridized carbons (Fsp3) is 0.143. The topological polar surface area (TPSA) is 38.5 Å². The van der Waals surface area contributed by atoms with Gasteiger partial charge in [0.05, 0.1) is 12.3 Å². The first kappa shape index (κ1) is 11.6. The number of hydrazine groups is 1. The molecular formula is C14H16N2O. The fourth-order valence-electron chi connectivity index (χ4n) is 1.53. The molecule has 0 bridgehead atoms. The molecule has 0 aliphatic rings. The van der Waals surface area contributed by atoms with Crippen LogP contribution in [-0.2, 0) is 11.3 Å². The third kappa shape index (κ3) is 3.59. The molecule has 2 N–H and O–H groups in total. The molecule has 0 radical (unpaired) electrons. The molecule has 3 nitrogen and oxygen atoms in total. The Bertz CT molecular complexity index is 430. The van der Waals surface area contributed by atoms with Crippen molar-refractivity contribution in [3.8, 4) is 0 Å². The summed E-state index contributed by atoms with van der Waals surface area (Å²) >= 11 is 0. The summed E-state index contributed by atoms with van der Waals surface area (Å²) in [6.07, 6.45) is 0. The average molecular weight is 228 g/mol. The van der Waals surface area contributed by atoms with Gasteiger partial charge in [-0.25, -0.2) is 5.84 Å². The van der Waals surface area contributed by atoms with Crippen LogP contribution < -0.4 is 10.9 Å². The van der Waals surface area contributed by atoms with Crippen LogP contribution in [0.1, 0.15) is 5.56 Å². The molecule has 0 saturated heterocycles. The number of hydrogen-bond acceptors (Lipinski definition) is 3. The molecule has 0 amide bonds. The molecule has 0 fully saturated rings. The first-order chi connectivity index (χ1) is 8.36. The van der Waals surface area contributed by atoms with Crippen LogP contribution in [0.5, 0.6) is 0 Å². The van der Waals surface area contributed by atoms with E-state index in [-0.39, 0.29) is 0 Å². The van der Waals surface area contributed by atoms with Crippen molar-refractivity contribution < 1.29 is 4.74 Å². The highest BCUT2D eigenvalue weighted by molar-refractivity contribution is 5.43. The van der Waals surface area contributed by atoms with Gasteiger partial charge in [0.1, 0.15) is 6.73 Å². The van der Waals surface area contributed by atoms with Crippen LogP contribution in [0.2, 0.25) is 0 Å². The Morgan fingerprint density at radius 2 is 1.47 bits per heavy atom. The third-order valence-corrected chi connectivity index (χ3v) is 2.43. The summed E-state index contributed by atoms with van der Waals surface area (Å²) in [5.41, 5.74) is 2.09. The molecule has 3 heteroatoms. The number of ether oxygens (including phenoxy) is 1. The number of anilines is 1. The lowest BCUT2D eigenvalue weighted by Crippen LogP contribution is -2.33. The van der Waals surface area contributed by atoms with E-state index < -0.39 is 0 Å². The molecule has 0 aliphatic carbocycles. The monoisotopic (exact) mass is 228 g/mol. The molecule has 0 saturated carbocycles. The maximum atomic E-state index is 5.87. The summed E-state index contributed by atoms with van der Waals surface area (Å²) in [6, 6.07) is 19.8. The number of rotatable bonds is 5. The van der Waals surface area contributed by atoms with Gasteiger partial charge in [-0.1, -0.05) is 48.5 Å². The van der Waals surface area contributed by atoms with E-state index in [1.165, 1.54) is 0 Å². The zero-order valence-corrected chi connectivity index (χ0v) is 9.62. The highest BCUT2D eigenvalue weighted by Crippen LogP contribution is 2.09. The van der Waals surface area contributed by atoms with Crippen molar-refractivity contribution in [1.82, 2.24) is 0 Å². The quantitative estimate of drug-likeness (QED) is 0.485. The van der Waals surface area contributed by atoms with Gasteiger partial charge in [0.2, 0.25) is 0 Å². The van der Waals surface area contributed by atoms with Crippen LogP contribution in [0.3, 0.4) is 0 Å². The van der Waals surface area contributed by atoms with Gasteiger partial charge in [-0.3, -0.25) is 5.01 Å². The Labute approximate surface area is 101 Å². The summed E-state index contributed by atoms with van der Waals surface area (Å²) in [4.78, 5) is 0. The molecule has 88 valence electrons.